The highest BCUT2D eigenvalue weighted by atomic mass is 19.1. The van der Waals surface area contributed by atoms with Gasteiger partial charge in [-0.05, 0) is 37.3 Å². The van der Waals surface area contributed by atoms with Gasteiger partial charge in [-0.2, -0.15) is 5.10 Å². The fourth-order valence-corrected chi connectivity index (χ4v) is 2.39. The normalized spacial score (nSPS) is 12.0. The largest absolute Gasteiger partial charge is 0.463 e. The van der Waals surface area contributed by atoms with Gasteiger partial charge in [0.2, 0.25) is 5.91 Å². The Balaban J connectivity index is 1.78. The van der Waals surface area contributed by atoms with Gasteiger partial charge in [0.05, 0.1) is 6.26 Å². The molecule has 2 aromatic heterocycles. The van der Waals surface area contributed by atoms with Gasteiger partial charge in [-0.3, -0.25) is 9.59 Å². The van der Waals surface area contributed by atoms with E-state index in [9.17, 15) is 18.4 Å². The van der Waals surface area contributed by atoms with Crippen LogP contribution in [0.3, 0.4) is 0 Å². The van der Waals surface area contributed by atoms with Crippen molar-refractivity contribution in [3.63, 3.8) is 0 Å². The molecular formula is C18H15F2N3O3. The smallest absolute Gasteiger partial charge is 0.267 e. The fraction of sp³-hybridized carbons (Fsp3) is 0.167. The number of amides is 1. The summed E-state index contributed by atoms with van der Waals surface area (Å²) >= 11 is 0. The number of hydrogen-bond donors (Lipinski definition) is 1. The Morgan fingerprint density at radius 2 is 1.92 bits per heavy atom. The topological polar surface area (TPSA) is 77.1 Å². The highest BCUT2D eigenvalue weighted by Crippen LogP contribution is 2.16. The molecule has 0 aliphatic heterocycles. The molecule has 1 amide bonds. The summed E-state index contributed by atoms with van der Waals surface area (Å²) in [5.41, 5.74) is -0.355. The quantitative estimate of drug-likeness (QED) is 0.760. The minimum absolute atomic E-state index is 0.252. The first-order valence-corrected chi connectivity index (χ1v) is 7.81. The monoisotopic (exact) mass is 359 g/mol. The second kappa shape index (κ2) is 7.30. The number of nitrogens with one attached hydrogen (secondary N) is 1. The van der Waals surface area contributed by atoms with E-state index in [2.05, 4.69) is 10.4 Å². The molecule has 0 spiro atoms. The zero-order valence-corrected chi connectivity index (χ0v) is 13.8. The Morgan fingerprint density at radius 1 is 1.19 bits per heavy atom. The molecule has 0 bridgehead atoms. The number of hydrogen-bond acceptors (Lipinski definition) is 4. The predicted octanol–water partition coefficient (Wildman–Crippen LogP) is 2.66. The van der Waals surface area contributed by atoms with Crippen molar-refractivity contribution in [3.8, 4) is 11.5 Å². The SMILES string of the molecule is CC(C(=O)NCc1c(F)cccc1F)n1nc(-c2ccco2)ccc1=O. The molecule has 26 heavy (non-hydrogen) atoms. The van der Waals surface area contributed by atoms with Gasteiger partial charge < -0.3 is 9.73 Å². The predicted molar refractivity (Wildman–Crippen MR) is 89.1 cm³/mol. The third-order valence-corrected chi connectivity index (χ3v) is 3.85. The van der Waals surface area contributed by atoms with Crippen LogP contribution in [-0.4, -0.2) is 15.7 Å². The van der Waals surface area contributed by atoms with Gasteiger partial charge in [0.15, 0.2) is 5.76 Å². The van der Waals surface area contributed by atoms with Gasteiger partial charge in [-0.1, -0.05) is 6.07 Å². The number of nitrogens with zero attached hydrogens (tertiary/aromatic N) is 2. The molecule has 1 N–H and O–H groups in total. The molecule has 3 aromatic rings. The summed E-state index contributed by atoms with van der Waals surface area (Å²) in [7, 11) is 0. The number of halogens is 2. The Morgan fingerprint density at radius 3 is 2.58 bits per heavy atom. The van der Waals surface area contributed by atoms with Gasteiger partial charge in [-0.25, -0.2) is 13.5 Å². The number of aromatic nitrogens is 2. The molecule has 0 fully saturated rings. The van der Waals surface area contributed by atoms with E-state index in [-0.39, 0.29) is 12.1 Å². The van der Waals surface area contributed by atoms with E-state index >= 15 is 0 Å². The highest BCUT2D eigenvalue weighted by Gasteiger charge is 2.19. The Labute approximate surface area is 147 Å². The number of carbonyl (C=O) groups excluding carboxylic acids is 1. The maximum absolute atomic E-state index is 13.6. The number of furan rings is 1. The minimum atomic E-state index is -0.979. The van der Waals surface area contributed by atoms with Gasteiger partial charge in [0.1, 0.15) is 23.4 Å². The molecule has 3 rings (SSSR count). The van der Waals surface area contributed by atoms with E-state index < -0.39 is 29.1 Å². The molecule has 1 aromatic carbocycles. The summed E-state index contributed by atoms with van der Waals surface area (Å²) in [6, 6.07) is 8.56. The lowest BCUT2D eigenvalue weighted by molar-refractivity contribution is -0.124. The van der Waals surface area contributed by atoms with Crippen LogP contribution < -0.4 is 10.9 Å². The van der Waals surface area contributed by atoms with Crippen molar-refractivity contribution < 1.29 is 18.0 Å². The van der Waals surface area contributed by atoms with Crippen LogP contribution in [0.15, 0.2) is 57.9 Å². The van der Waals surface area contributed by atoms with Crippen LogP contribution in [0, 0.1) is 11.6 Å². The van der Waals surface area contributed by atoms with Gasteiger partial charge in [0, 0.05) is 18.2 Å². The summed E-state index contributed by atoms with van der Waals surface area (Å²) in [5.74, 6) is -1.67. The van der Waals surface area contributed by atoms with E-state index in [0.29, 0.717) is 11.5 Å². The lowest BCUT2D eigenvalue weighted by Crippen LogP contribution is -2.37. The molecule has 0 radical (unpaired) electrons. The first-order valence-electron chi connectivity index (χ1n) is 7.81. The molecular weight excluding hydrogens is 344 g/mol. The Kier molecular flexibility index (Phi) is 4.92. The summed E-state index contributed by atoms with van der Waals surface area (Å²) in [4.78, 5) is 24.3. The molecule has 0 saturated heterocycles. The third-order valence-electron chi connectivity index (χ3n) is 3.85. The summed E-state index contributed by atoms with van der Waals surface area (Å²) in [6.45, 7) is 1.13. The van der Waals surface area contributed by atoms with Crippen molar-refractivity contribution in [3.05, 3.63) is 76.3 Å². The molecule has 0 aliphatic carbocycles. The first-order chi connectivity index (χ1) is 12.5. The fourth-order valence-electron chi connectivity index (χ4n) is 2.39. The summed E-state index contributed by atoms with van der Waals surface area (Å²) < 4.78 is 33.5. The van der Waals surface area contributed by atoms with Gasteiger partial charge in [-0.15, -0.1) is 0 Å². The van der Waals surface area contributed by atoms with Gasteiger partial charge >= 0.3 is 0 Å². The molecule has 134 valence electrons. The molecule has 8 heteroatoms. The minimum Gasteiger partial charge on any atom is -0.463 e. The average Bonchev–Trinajstić information content (AvgIpc) is 3.15. The van der Waals surface area contributed by atoms with E-state index in [0.717, 1.165) is 16.8 Å². The highest BCUT2D eigenvalue weighted by molar-refractivity contribution is 5.79. The maximum Gasteiger partial charge on any atom is 0.267 e. The Bertz CT molecular complexity index is 963. The molecule has 0 aliphatic rings. The number of benzene rings is 1. The van der Waals surface area contributed by atoms with Crippen molar-refractivity contribution in [2.45, 2.75) is 19.5 Å². The van der Waals surface area contributed by atoms with Crippen LogP contribution in [0.2, 0.25) is 0 Å². The molecule has 0 saturated carbocycles. The van der Waals surface area contributed by atoms with Crippen LogP contribution in [-0.2, 0) is 11.3 Å². The standard InChI is InChI=1S/C18H15F2N3O3/c1-11(18(25)21-10-12-13(19)4-2-5-14(12)20)23-17(24)8-7-15(22-23)16-6-3-9-26-16/h2-9,11H,10H2,1H3,(H,21,25). The van der Waals surface area contributed by atoms with Crippen molar-refractivity contribution in [2.24, 2.45) is 0 Å². The first kappa shape index (κ1) is 17.5. The van der Waals surface area contributed by atoms with Crippen molar-refractivity contribution in [1.82, 2.24) is 15.1 Å². The number of carbonyl (C=O) groups is 1. The summed E-state index contributed by atoms with van der Waals surface area (Å²) in [6.07, 6.45) is 1.46. The van der Waals surface area contributed by atoms with E-state index in [4.69, 9.17) is 4.42 Å². The van der Waals surface area contributed by atoms with Crippen molar-refractivity contribution in [2.75, 3.05) is 0 Å². The molecule has 6 nitrogen and oxygen atoms in total. The zero-order chi connectivity index (χ0) is 18.7. The average molecular weight is 359 g/mol. The van der Waals surface area contributed by atoms with Crippen molar-refractivity contribution in [1.29, 1.82) is 0 Å². The molecule has 1 unspecified atom stereocenters. The van der Waals surface area contributed by atoms with Crippen molar-refractivity contribution >= 4 is 5.91 Å². The van der Waals surface area contributed by atoms with E-state index in [1.54, 1.807) is 12.1 Å². The lowest BCUT2D eigenvalue weighted by atomic mass is 10.2. The van der Waals surface area contributed by atoms with E-state index in [1.807, 2.05) is 0 Å². The summed E-state index contributed by atoms with van der Waals surface area (Å²) in [5, 5.41) is 6.55. The molecule has 1 atom stereocenters. The van der Waals surface area contributed by atoms with E-state index in [1.165, 1.54) is 31.4 Å². The Hall–Kier alpha value is -3.29. The van der Waals surface area contributed by atoms with Gasteiger partial charge in [0.25, 0.3) is 5.56 Å². The molecule has 2 heterocycles. The third kappa shape index (κ3) is 3.53. The lowest BCUT2D eigenvalue weighted by Gasteiger charge is -2.15. The van der Waals surface area contributed by atoms with Crippen LogP contribution in [0.1, 0.15) is 18.5 Å². The zero-order valence-electron chi connectivity index (χ0n) is 13.8. The maximum atomic E-state index is 13.6. The second-order valence-electron chi connectivity index (χ2n) is 5.57. The van der Waals surface area contributed by atoms with Crippen LogP contribution >= 0.6 is 0 Å². The van der Waals surface area contributed by atoms with Crippen LogP contribution in [0.4, 0.5) is 8.78 Å². The van der Waals surface area contributed by atoms with Crippen LogP contribution in [0.5, 0.6) is 0 Å². The second-order valence-corrected chi connectivity index (χ2v) is 5.57. The van der Waals surface area contributed by atoms with Crippen LogP contribution in [0.25, 0.3) is 11.5 Å². The number of rotatable bonds is 5.